The highest BCUT2D eigenvalue weighted by atomic mass is 32.2. The summed E-state index contributed by atoms with van der Waals surface area (Å²) in [5.74, 6) is 1.22. The van der Waals surface area contributed by atoms with Crippen molar-refractivity contribution in [3.05, 3.63) is 48.0 Å². The topological polar surface area (TPSA) is 64.3 Å². The van der Waals surface area contributed by atoms with E-state index in [0.29, 0.717) is 17.1 Å². The molecule has 1 heterocycles. The van der Waals surface area contributed by atoms with Crippen LogP contribution >= 0.6 is 11.8 Å². The number of benzene rings is 2. The monoisotopic (exact) mass is 300 g/mol. The molecular formula is C16H16N2O2S. The molecule has 2 aromatic carbocycles. The van der Waals surface area contributed by atoms with Crippen LogP contribution in [-0.2, 0) is 4.79 Å². The molecule has 1 aliphatic rings. The molecule has 108 valence electrons. The van der Waals surface area contributed by atoms with Crippen LogP contribution in [0.2, 0.25) is 0 Å². The lowest BCUT2D eigenvalue weighted by Gasteiger charge is -2.13. The Morgan fingerprint density at radius 3 is 2.95 bits per heavy atom. The Bertz CT molecular complexity index is 688. The average molecular weight is 300 g/mol. The molecule has 0 spiro atoms. The van der Waals surface area contributed by atoms with Gasteiger partial charge >= 0.3 is 0 Å². The van der Waals surface area contributed by atoms with Crippen molar-refractivity contribution in [1.82, 2.24) is 0 Å². The zero-order valence-electron chi connectivity index (χ0n) is 11.6. The molecule has 1 atom stereocenters. The molecule has 2 aromatic rings. The zero-order valence-corrected chi connectivity index (χ0v) is 12.4. The fraction of sp³-hybridized carbons (Fsp3) is 0.188. The second-order valence-electron chi connectivity index (χ2n) is 4.85. The first-order chi connectivity index (χ1) is 10.2. The number of fused-ring (bicyclic) bond motifs is 1. The van der Waals surface area contributed by atoms with Gasteiger partial charge in [-0.25, -0.2) is 0 Å². The van der Waals surface area contributed by atoms with Crippen molar-refractivity contribution in [2.24, 2.45) is 0 Å². The molecule has 0 radical (unpaired) electrons. The number of methoxy groups -OCH3 is 1. The third-order valence-electron chi connectivity index (χ3n) is 3.52. The number of nitrogen functional groups attached to an aromatic ring is 1. The number of ether oxygens (including phenoxy) is 1. The Labute approximate surface area is 127 Å². The molecule has 21 heavy (non-hydrogen) atoms. The minimum atomic E-state index is -0.116. The summed E-state index contributed by atoms with van der Waals surface area (Å²) >= 11 is 1.72. The first kappa shape index (κ1) is 13.8. The van der Waals surface area contributed by atoms with Crippen LogP contribution in [0.25, 0.3) is 0 Å². The van der Waals surface area contributed by atoms with Gasteiger partial charge in [-0.15, -0.1) is 11.8 Å². The molecule has 0 fully saturated rings. The van der Waals surface area contributed by atoms with E-state index in [9.17, 15) is 4.79 Å². The highest BCUT2D eigenvalue weighted by Gasteiger charge is 2.28. The fourth-order valence-corrected chi connectivity index (χ4v) is 3.63. The van der Waals surface area contributed by atoms with Crippen molar-refractivity contribution in [1.29, 1.82) is 0 Å². The van der Waals surface area contributed by atoms with Gasteiger partial charge in [0.2, 0.25) is 5.91 Å². The van der Waals surface area contributed by atoms with Crippen LogP contribution < -0.4 is 15.8 Å². The van der Waals surface area contributed by atoms with Crippen LogP contribution in [0.4, 0.5) is 11.4 Å². The summed E-state index contributed by atoms with van der Waals surface area (Å²) in [6.45, 7) is 0. The van der Waals surface area contributed by atoms with Crippen LogP contribution in [0.5, 0.6) is 5.75 Å². The minimum absolute atomic E-state index is 0.000672. The lowest BCUT2D eigenvalue weighted by Crippen LogP contribution is -2.21. The van der Waals surface area contributed by atoms with Crippen LogP contribution in [0.3, 0.4) is 0 Å². The zero-order chi connectivity index (χ0) is 14.8. The second-order valence-corrected chi connectivity index (χ2v) is 5.91. The van der Waals surface area contributed by atoms with E-state index in [0.717, 1.165) is 11.3 Å². The normalized spacial score (nSPS) is 16.3. The van der Waals surface area contributed by atoms with E-state index in [1.165, 1.54) is 4.90 Å². The van der Waals surface area contributed by atoms with Crippen LogP contribution in [0.1, 0.15) is 11.5 Å². The van der Waals surface area contributed by atoms with Gasteiger partial charge in [-0.3, -0.25) is 4.79 Å². The maximum atomic E-state index is 12.5. The molecule has 0 bridgehead atoms. The number of anilines is 2. The molecule has 0 saturated heterocycles. The van der Waals surface area contributed by atoms with E-state index in [4.69, 9.17) is 10.5 Å². The molecule has 0 aromatic heterocycles. The van der Waals surface area contributed by atoms with Gasteiger partial charge in [0, 0.05) is 22.4 Å². The number of carbonyl (C=O) groups excluding carboxylic acids is 1. The lowest BCUT2D eigenvalue weighted by molar-refractivity contribution is -0.117. The SMILES string of the molecule is COc1cc(NC(=O)C2CSc3ccccc32)ccc1N. The van der Waals surface area contributed by atoms with E-state index in [2.05, 4.69) is 11.4 Å². The number of rotatable bonds is 3. The summed E-state index contributed by atoms with van der Waals surface area (Å²) < 4.78 is 5.17. The maximum absolute atomic E-state index is 12.5. The predicted octanol–water partition coefficient (Wildman–Crippen LogP) is 3.11. The first-order valence-electron chi connectivity index (χ1n) is 6.65. The van der Waals surface area contributed by atoms with Crippen molar-refractivity contribution in [3.8, 4) is 5.75 Å². The maximum Gasteiger partial charge on any atom is 0.232 e. The smallest absolute Gasteiger partial charge is 0.232 e. The molecule has 0 saturated carbocycles. The molecule has 1 unspecified atom stereocenters. The van der Waals surface area contributed by atoms with Gasteiger partial charge in [0.15, 0.2) is 0 Å². The Kier molecular flexibility index (Phi) is 3.75. The molecule has 1 aliphatic heterocycles. The quantitative estimate of drug-likeness (QED) is 0.855. The number of hydrogen-bond acceptors (Lipinski definition) is 4. The second kappa shape index (κ2) is 5.69. The molecular weight excluding hydrogens is 284 g/mol. The summed E-state index contributed by atoms with van der Waals surface area (Å²) in [6.07, 6.45) is 0. The van der Waals surface area contributed by atoms with Crippen molar-refractivity contribution >= 4 is 29.0 Å². The first-order valence-corrected chi connectivity index (χ1v) is 7.63. The number of amides is 1. The van der Waals surface area contributed by atoms with Crippen LogP contribution in [0, 0.1) is 0 Å². The Morgan fingerprint density at radius 2 is 2.14 bits per heavy atom. The summed E-state index contributed by atoms with van der Waals surface area (Å²) in [5, 5.41) is 2.94. The van der Waals surface area contributed by atoms with Crippen LogP contribution in [0.15, 0.2) is 47.4 Å². The third kappa shape index (κ3) is 2.69. The standard InChI is InChI=1S/C16H16N2O2S/c1-20-14-8-10(6-7-13(14)17)18-16(19)12-9-21-15-5-3-2-4-11(12)15/h2-8,12H,9,17H2,1H3,(H,18,19). The van der Waals surface area contributed by atoms with E-state index < -0.39 is 0 Å². The average Bonchev–Trinajstić information content (AvgIpc) is 2.93. The number of hydrogen-bond donors (Lipinski definition) is 2. The van der Waals surface area contributed by atoms with Crippen LogP contribution in [-0.4, -0.2) is 18.8 Å². The van der Waals surface area contributed by atoms with Gasteiger partial charge < -0.3 is 15.8 Å². The molecule has 3 rings (SSSR count). The summed E-state index contributed by atoms with van der Waals surface area (Å²) in [6, 6.07) is 13.3. The minimum Gasteiger partial charge on any atom is -0.495 e. The Morgan fingerprint density at radius 1 is 1.33 bits per heavy atom. The van der Waals surface area contributed by atoms with E-state index in [1.54, 1.807) is 37.1 Å². The molecule has 5 heteroatoms. The summed E-state index contributed by atoms with van der Waals surface area (Å²) in [4.78, 5) is 13.7. The highest BCUT2D eigenvalue weighted by molar-refractivity contribution is 7.99. The number of thioether (sulfide) groups is 1. The Hall–Kier alpha value is -2.14. The van der Waals surface area contributed by atoms with Gasteiger partial charge in [-0.05, 0) is 23.8 Å². The molecule has 3 N–H and O–H groups in total. The van der Waals surface area contributed by atoms with Gasteiger partial charge in [-0.2, -0.15) is 0 Å². The predicted molar refractivity (Wildman–Crippen MR) is 85.9 cm³/mol. The summed E-state index contributed by atoms with van der Waals surface area (Å²) in [5.41, 5.74) is 8.12. The number of carbonyl (C=O) groups is 1. The van der Waals surface area contributed by atoms with Gasteiger partial charge in [-0.1, -0.05) is 18.2 Å². The lowest BCUT2D eigenvalue weighted by atomic mass is 10.0. The van der Waals surface area contributed by atoms with Crippen molar-refractivity contribution in [3.63, 3.8) is 0 Å². The number of nitrogens with two attached hydrogens (primary N) is 1. The van der Waals surface area contributed by atoms with Crippen molar-refractivity contribution in [2.45, 2.75) is 10.8 Å². The number of nitrogens with one attached hydrogen (secondary N) is 1. The third-order valence-corrected chi connectivity index (χ3v) is 4.70. The van der Waals surface area contributed by atoms with Gasteiger partial charge in [0.25, 0.3) is 0 Å². The largest absolute Gasteiger partial charge is 0.495 e. The molecule has 4 nitrogen and oxygen atoms in total. The molecule has 1 amide bonds. The van der Waals surface area contributed by atoms with E-state index in [1.807, 2.05) is 18.2 Å². The van der Waals surface area contributed by atoms with Crippen molar-refractivity contribution < 1.29 is 9.53 Å². The van der Waals surface area contributed by atoms with E-state index in [-0.39, 0.29) is 11.8 Å². The Balaban J connectivity index is 1.79. The van der Waals surface area contributed by atoms with Gasteiger partial charge in [0.05, 0.1) is 18.7 Å². The highest BCUT2D eigenvalue weighted by Crippen LogP contribution is 2.40. The van der Waals surface area contributed by atoms with E-state index >= 15 is 0 Å². The molecule has 0 aliphatic carbocycles. The summed E-state index contributed by atoms with van der Waals surface area (Å²) in [7, 11) is 1.56. The van der Waals surface area contributed by atoms with Crippen molar-refractivity contribution in [2.75, 3.05) is 23.9 Å². The fourth-order valence-electron chi connectivity index (χ4n) is 2.40. The van der Waals surface area contributed by atoms with Gasteiger partial charge in [0.1, 0.15) is 5.75 Å².